The number of nitrogens with one attached hydrogen (secondary N) is 1. The molecule has 0 bridgehead atoms. The number of rotatable bonds is 7. The summed E-state index contributed by atoms with van der Waals surface area (Å²) in [6.45, 7) is 3.27. The lowest BCUT2D eigenvalue weighted by atomic mass is 10.0. The van der Waals surface area contributed by atoms with Crippen LogP contribution in [0, 0.1) is 0 Å². The summed E-state index contributed by atoms with van der Waals surface area (Å²) in [5.74, 6) is 1.94. The summed E-state index contributed by atoms with van der Waals surface area (Å²) >= 11 is 7.95. The summed E-state index contributed by atoms with van der Waals surface area (Å²) in [6.07, 6.45) is 2.74. The number of carbonyl (C=O) groups excluding carboxylic acids is 1. The van der Waals surface area contributed by atoms with Gasteiger partial charge >= 0.3 is 0 Å². The molecule has 0 aliphatic carbocycles. The number of halogens is 1. The molecule has 1 heterocycles. The predicted molar refractivity (Wildman–Crippen MR) is 88.8 cm³/mol. The molecule has 0 radical (unpaired) electrons. The quantitative estimate of drug-likeness (QED) is 0.777. The lowest BCUT2D eigenvalue weighted by Crippen LogP contribution is -2.44. The van der Waals surface area contributed by atoms with Crippen LogP contribution in [0.25, 0.3) is 0 Å². The molecule has 21 heavy (non-hydrogen) atoms. The van der Waals surface area contributed by atoms with Crippen LogP contribution in [0.15, 0.2) is 24.3 Å². The van der Waals surface area contributed by atoms with E-state index in [2.05, 4.69) is 11.4 Å². The predicted octanol–water partition coefficient (Wildman–Crippen LogP) is 3.65. The molecule has 1 amide bonds. The van der Waals surface area contributed by atoms with Crippen LogP contribution < -0.4 is 5.32 Å². The molecule has 0 spiro atoms. The Labute approximate surface area is 135 Å². The van der Waals surface area contributed by atoms with E-state index in [4.69, 9.17) is 16.3 Å². The van der Waals surface area contributed by atoms with Crippen molar-refractivity contribution in [1.82, 2.24) is 5.32 Å². The Morgan fingerprint density at radius 2 is 2.29 bits per heavy atom. The molecular formula is C16H22ClNO2S. The monoisotopic (exact) mass is 327 g/mol. The minimum Gasteiger partial charge on any atom is -0.365 e. The molecule has 1 aliphatic heterocycles. The SMILES string of the molecule is C[C@@]1(C(=O)NCCCSCc2ccccc2Cl)CCCO1. The summed E-state index contributed by atoms with van der Waals surface area (Å²) in [6, 6.07) is 7.91. The Balaban J connectivity index is 1.58. The molecule has 0 saturated carbocycles. The highest BCUT2D eigenvalue weighted by atomic mass is 35.5. The van der Waals surface area contributed by atoms with Crippen molar-refractivity contribution < 1.29 is 9.53 Å². The standard InChI is InChI=1S/C16H22ClNO2S/c1-16(8-4-10-20-16)15(19)18-9-5-11-21-12-13-6-2-3-7-14(13)17/h2-3,6-7H,4-5,8-12H2,1H3,(H,18,19)/t16-/m0/s1. The lowest BCUT2D eigenvalue weighted by molar-refractivity contribution is -0.139. The largest absolute Gasteiger partial charge is 0.365 e. The Morgan fingerprint density at radius 1 is 1.48 bits per heavy atom. The topological polar surface area (TPSA) is 38.3 Å². The van der Waals surface area contributed by atoms with E-state index in [9.17, 15) is 4.79 Å². The van der Waals surface area contributed by atoms with Crippen molar-refractivity contribution in [2.45, 2.75) is 37.5 Å². The van der Waals surface area contributed by atoms with E-state index in [-0.39, 0.29) is 5.91 Å². The molecule has 3 nitrogen and oxygen atoms in total. The second kappa shape index (κ2) is 8.06. The number of hydrogen-bond acceptors (Lipinski definition) is 3. The molecular weight excluding hydrogens is 306 g/mol. The maximum atomic E-state index is 12.0. The van der Waals surface area contributed by atoms with Crippen molar-refractivity contribution in [3.05, 3.63) is 34.9 Å². The van der Waals surface area contributed by atoms with Crippen LogP contribution in [0.3, 0.4) is 0 Å². The Morgan fingerprint density at radius 3 is 3.00 bits per heavy atom. The number of hydrogen-bond donors (Lipinski definition) is 1. The van der Waals surface area contributed by atoms with E-state index in [1.807, 2.05) is 36.9 Å². The first kappa shape index (κ1) is 16.7. The molecule has 1 N–H and O–H groups in total. The van der Waals surface area contributed by atoms with Crippen molar-refractivity contribution in [2.24, 2.45) is 0 Å². The molecule has 1 aromatic rings. The molecule has 0 unspecified atom stereocenters. The fraction of sp³-hybridized carbons (Fsp3) is 0.562. The zero-order valence-electron chi connectivity index (χ0n) is 12.4. The van der Waals surface area contributed by atoms with E-state index >= 15 is 0 Å². The van der Waals surface area contributed by atoms with Crippen molar-refractivity contribution in [3.8, 4) is 0 Å². The molecule has 0 aromatic heterocycles. The Bertz CT molecular complexity index is 475. The van der Waals surface area contributed by atoms with E-state index in [1.165, 1.54) is 5.56 Å². The molecule has 116 valence electrons. The zero-order chi connectivity index (χ0) is 15.1. The summed E-state index contributed by atoms with van der Waals surface area (Å²) < 4.78 is 5.52. The van der Waals surface area contributed by atoms with Gasteiger partial charge in [-0.25, -0.2) is 0 Å². The Kier molecular flexibility index (Phi) is 6.40. The Hall–Kier alpha value is -0.710. The van der Waals surface area contributed by atoms with Crippen LogP contribution >= 0.6 is 23.4 Å². The van der Waals surface area contributed by atoms with Gasteiger partial charge in [-0.3, -0.25) is 4.79 Å². The van der Waals surface area contributed by atoms with Gasteiger partial charge in [0.2, 0.25) is 0 Å². The highest BCUT2D eigenvalue weighted by Crippen LogP contribution is 2.25. The zero-order valence-corrected chi connectivity index (χ0v) is 13.9. The van der Waals surface area contributed by atoms with Crippen LogP contribution in [0.5, 0.6) is 0 Å². The average Bonchev–Trinajstić information content (AvgIpc) is 2.92. The summed E-state index contributed by atoms with van der Waals surface area (Å²) in [5, 5.41) is 3.80. The third-order valence-corrected chi connectivity index (χ3v) is 5.13. The van der Waals surface area contributed by atoms with Crippen LogP contribution in [0.2, 0.25) is 5.02 Å². The van der Waals surface area contributed by atoms with Crippen LogP contribution in [0.1, 0.15) is 31.7 Å². The van der Waals surface area contributed by atoms with Gasteiger partial charge in [0.05, 0.1) is 0 Å². The van der Waals surface area contributed by atoms with Gasteiger partial charge in [-0.05, 0) is 43.6 Å². The summed E-state index contributed by atoms with van der Waals surface area (Å²) in [4.78, 5) is 12.0. The lowest BCUT2D eigenvalue weighted by Gasteiger charge is -2.21. The van der Waals surface area contributed by atoms with Crippen LogP contribution in [-0.4, -0.2) is 30.4 Å². The first-order chi connectivity index (χ1) is 10.1. The van der Waals surface area contributed by atoms with Gasteiger partial charge in [-0.1, -0.05) is 29.8 Å². The minimum absolute atomic E-state index is 0.0242. The van der Waals surface area contributed by atoms with Crippen molar-refractivity contribution in [3.63, 3.8) is 0 Å². The second-order valence-corrected chi connectivity index (χ2v) is 6.95. The number of amides is 1. The third-order valence-electron chi connectivity index (χ3n) is 3.67. The van der Waals surface area contributed by atoms with Crippen LogP contribution in [-0.2, 0) is 15.3 Å². The fourth-order valence-electron chi connectivity index (χ4n) is 2.32. The van der Waals surface area contributed by atoms with Gasteiger partial charge in [0.1, 0.15) is 5.60 Å². The second-order valence-electron chi connectivity index (χ2n) is 5.44. The van der Waals surface area contributed by atoms with Gasteiger partial charge in [0, 0.05) is 23.9 Å². The van der Waals surface area contributed by atoms with Gasteiger partial charge in [0.25, 0.3) is 5.91 Å². The van der Waals surface area contributed by atoms with Crippen molar-refractivity contribution in [2.75, 3.05) is 18.9 Å². The number of ether oxygens (including phenoxy) is 1. The van der Waals surface area contributed by atoms with Gasteiger partial charge < -0.3 is 10.1 Å². The van der Waals surface area contributed by atoms with Gasteiger partial charge in [-0.15, -0.1) is 0 Å². The smallest absolute Gasteiger partial charge is 0.251 e. The van der Waals surface area contributed by atoms with Gasteiger partial charge in [-0.2, -0.15) is 11.8 Å². The molecule has 1 aromatic carbocycles. The normalized spacial score (nSPS) is 21.4. The molecule has 2 rings (SSSR count). The summed E-state index contributed by atoms with van der Waals surface area (Å²) in [7, 11) is 0. The fourth-order valence-corrected chi connectivity index (χ4v) is 3.57. The number of thioether (sulfide) groups is 1. The third kappa shape index (κ3) is 4.90. The van der Waals surface area contributed by atoms with E-state index in [0.717, 1.165) is 35.8 Å². The molecule has 5 heteroatoms. The first-order valence-electron chi connectivity index (χ1n) is 7.35. The van der Waals surface area contributed by atoms with E-state index < -0.39 is 5.60 Å². The number of carbonyl (C=O) groups is 1. The molecule has 1 saturated heterocycles. The van der Waals surface area contributed by atoms with Crippen molar-refractivity contribution >= 4 is 29.3 Å². The summed E-state index contributed by atoms with van der Waals surface area (Å²) in [5.41, 5.74) is 0.560. The molecule has 1 fully saturated rings. The molecule has 1 atom stereocenters. The van der Waals surface area contributed by atoms with Crippen molar-refractivity contribution in [1.29, 1.82) is 0 Å². The highest BCUT2D eigenvalue weighted by Gasteiger charge is 2.37. The minimum atomic E-state index is -0.606. The number of benzene rings is 1. The van der Waals surface area contributed by atoms with Crippen LogP contribution in [0.4, 0.5) is 0 Å². The maximum Gasteiger partial charge on any atom is 0.251 e. The maximum absolute atomic E-state index is 12.0. The van der Waals surface area contributed by atoms with E-state index in [0.29, 0.717) is 13.2 Å². The average molecular weight is 328 g/mol. The van der Waals surface area contributed by atoms with E-state index in [1.54, 1.807) is 0 Å². The molecule has 1 aliphatic rings. The van der Waals surface area contributed by atoms with Gasteiger partial charge in [0.15, 0.2) is 0 Å². The first-order valence-corrected chi connectivity index (χ1v) is 8.88. The highest BCUT2D eigenvalue weighted by molar-refractivity contribution is 7.98.